The lowest BCUT2D eigenvalue weighted by molar-refractivity contribution is -0.137. The predicted molar refractivity (Wildman–Crippen MR) is 125 cm³/mol. The Balaban J connectivity index is 0.00000171. The average Bonchev–Trinajstić information content (AvgIpc) is 2.72. The molecule has 1 saturated heterocycles. The number of rotatable bonds is 3. The first kappa shape index (κ1) is 25.5. The first-order valence-electron chi connectivity index (χ1n) is 9.33. The van der Waals surface area contributed by atoms with E-state index in [0.717, 1.165) is 32.2 Å². The number of nitrogens with two attached hydrogens (primary N) is 1. The van der Waals surface area contributed by atoms with E-state index in [9.17, 15) is 13.2 Å². The summed E-state index contributed by atoms with van der Waals surface area (Å²) >= 11 is 6.47. The molecule has 0 atom stereocenters. The molecule has 0 saturated carbocycles. The number of aromatic nitrogens is 1. The summed E-state index contributed by atoms with van der Waals surface area (Å²) in [5.74, 6) is 0.703. The number of hydrogen-bond acceptors (Lipinski definition) is 4. The summed E-state index contributed by atoms with van der Waals surface area (Å²) in [4.78, 5) is 6.77. The lowest BCUT2D eigenvalue weighted by Gasteiger charge is -2.29. The molecule has 1 aromatic heterocycles. The molecule has 0 unspecified atom stereocenters. The van der Waals surface area contributed by atoms with E-state index in [1.54, 1.807) is 24.3 Å². The van der Waals surface area contributed by atoms with Gasteiger partial charge in [0.25, 0.3) is 0 Å². The van der Waals surface area contributed by atoms with Crippen LogP contribution >= 0.6 is 36.4 Å². The molecule has 0 bridgehead atoms. The molecule has 1 aliphatic rings. The SMILES string of the molecule is Cl.Cl.NCc1ccc(C(F)(F)F)c(-c2ccc3nc(N4CCNCC4)c(Cl)cc3c2)c1. The summed E-state index contributed by atoms with van der Waals surface area (Å²) < 4.78 is 40.6. The lowest BCUT2D eigenvalue weighted by Crippen LogP contribution is -2.44. The quantitative estimate of drug-likeness (QED) is 0.521. The Morgan fingerprint density at radius 2 is 1.74 bits per heavy atom. The molecule has 3 aromatic rings. The molecule has 0 spiro atoms. The third-order valence-electron chi connectivity index (χ3n) is 5.10. The normalized spacial score (nSPS) is 14.2. The Hall–Kier alpha value is -1.77. The van der Waals surface area contributed by atoms with Gasteiger partial charge in [-0.25, -0.2) is 4.98 Å². The fourth-order valence-corrected chi connectivity index (χ4v) is 3.89. The zero-order valence-electron chi connectivity index (χ0n) is 16.4. The van der Waals surface area contributed by atoms with Crippen LogP contribution in [-0.2, 0) is 12.7 Å². The number of anilines is 1. The number of halogens is 6. The number of pyridine rings is 1. The van der Waals surface area contributed by atoms with Crippen molar-refractivity contribution in [3.05, 3.63) is 58.6 Å². The van der Waals surface area contributed by atoms with Gasteiger partial charge in [-0.15, -0.1) is 24.8 Å². The monoisotopic (exact) mass is 492 g/mol. The van der Waals surface area contributed by atoms with Gasteiger partial charge in [0.05, 0.1) is 16.1 Å². The largest absolute Gasteiger partial charge is 0.417 e. The average molecular weight is 494 g/mol. The zero-order valence-corrected chi connectivity index (χ0v) is 18.8. The van der Waals surface area contributed by atoms with Gasteiger partial charge in [-0.1, -0.05) is 23.7 Å². The van der Waals surface area contributed by atoms with Gasteiger partial charge in [-0.2, -0.15) is 13.2 Å². The standard InChI is InChI=1S/C21H20ClF3N4.2ClH/c22-18-11-15-10-14(16-9-13(12-26)1-3-17(16)21(23,24)25)2-4-19(15)28-20(18)29-7-5-27-6-8-29;;/h1-4,9-11,27H,5-8,12,26H2;2*1H. The Bertz CT molecular complexity index is 1050. The van der Waals surface area contributed by atoms with Crippen LogP contribution in [0.1, 0.15) is 11.1 Å². The summed E-state index contributed by atoms with van der Waals surface area (Å²) in [5.41, 5.74) is 6.83. The highest BCUT2D eigenvalue weighted by Gasteiger charge is 2.33. The van der Waals surface area contributed by atoms with Crippen molar-refractivity contribution in [3.63, 3.8) is 0 Å². The molecule has 1 fully saturated rings. The van der Waals surface area contributed by atoms with Gasteiger partial charge in [0.15, 0.2) is 0 Å². The molecule has 3 N–H and O–H groups in total. The van der Waals surface area contributed by atoms with Crippen molar-refractivity contribution < 1.29 is 13.2 Å². The molecule has 1 aliphatic heterocycles. The molecular formula is C21H22Cl3F3N4. The highest BCUT2D eigenvalue weighted by molar-refractivity contribution is 6.33. The van der Waals surface area contributed by atoms with Crippen LogP contribution in [0.4, 0.5) is 19.0 Å². The van der Waals surface area contributed by atoms with E-state index in [1.165, 1.54) is 12.1 Å². The molecule has 0 amide bonds. The van der Waals surface area contributed by atoms with E-state index >= 15 is 0 Å². The third kappa shape index (κ3) is 5.35. The van der Waals surface area contributed by atoms with Gasteiger partial charge in [-0.3, -0.25) is 0 Å². The molecule has 4 rings (SSSR count). The molecule has 168 valence electrons. The summed E-state index contributed by atoms with van der Waals surface area (Å²) in [6.07, 6.45) is -4.46. The molecule has 2 aromatic carbocycles. The summed E-state index contributed by atoms with van der Waals surface area (Å²) in [7, 11) is 0. The van der Waals surface area contributed by atoms with Crippen LogP contribution in [0, 0.1) is 0 Å². The zero-order chi connectivity index (χ0) is 20.6. The van der Waals surface area contributed by atoms with E-state index in [4.69, 9.17) is 17.3 Å². The fraction of sp³-hybridized carbons (Fsp3) is 0.286. The van der Waals surface area contributed by atoms with Gasteiger partial charge in [-0.05, 0) is 47.0 Å². The van der Waals surface area contributed by atoms with Crippen LogP contribution in [0.3, 0.4) is 0 Å². The maximum Gasteiger partial charge on any atom is 0.417 e. The van der Waals surface area contributed by atoms with Crippen molar-refractivity contribution >= 4 is 53.1 Å². The molecular weight excluding hydrogens is 472 g/mol. The third-order valence-corrected chi connectivity index (χ3v) is 5.38. The molecule has 0 radical (unpaired) electrons. The van der Waals surface area contributed by atoms with Gasteiger partial charge < -0.3 is 16.0 Å². The first-order chi connectivity index (χ1) is 13.9. The molecule has 4 nitrogen and oxygen atoms in total. The van der Waals surface area contributed by atoms with Gasteiger partial charge >= 0.3 is 6.18 Å². The number of alkyl halides is 3. The van der Waals surface area contributed by atoms with Gasteiger partial charge in [0, 0.05) is 38.1 Å². The Morgan fingerprint density at radius 3 is 2.39 bits per heavy atom. The summed E-state index contributed by atoms with van der Waals surface area (Å²) in [5, 5.41) is 4.46. The van der Waals surface area contributed by atoms with E-state index in [2.05, 4.69) is 15.2 Å². The van der Waals surface area contributed by atoms with Gasteiger partial charge in [0.1, 0.15) is 5.82 Å². The first-order valence-corrected chi connectivity index (χ1v) is 9.71. The van der Waals surface area contributed by atoms with E-state index in [1.807, 2.05) is 0 Å². The van der Waals surface area contributed by atoms with Crippen LogP contribution in [0.2, 0.25) is 5.02 Å². The Morgan fingerprint density at radius 1 is 1.03 bits per heavy atom. The maximum atomic E-state index is 13.5. The van der Waals surface area contributed by atoms with Crippen molar-refractivity contribution in [2.24, 2.45) is 5.73 Å². The minimum atomic E-state index is -4.46. The Labute approximate surface area is 195 Å². The van der Waals surface area contributed by atoms with Crippen LogP contribution < -0.4 is 16.0 Å². The topological polar surface area (TPSA) is 54.2 Å². The highest BCUT2D eigenvalue weighted by atomic mass is 35.5. The Kier molecular flexibility index (Phi) is 8.41. The van der Waals surface area contributed by atoms with Crippen molar-refractivity contribution in [1.82, 2.24) is 10.3 Å². The minimum Gasteiger partial charge on any atom is -0.353 e. The number of hydrogen-bond donors (Lipinski definition) is 2. The van der Waals surface area contributed by atoms with Crippen molar-refractivity contribution in [2.75, 3.05) is 31.1 Å². The molecule has 2 heterocycles. The van der Waals surface area contributed by atoms with Crippen molar-refractivity contribution in [3.8, 4) is 11.1 Å². The smallest absolute Gasteiger partial charge is 0.353 e. The van der Waals surface area contributed by atoms with Gasteiger partial charge in [0.2, 0.25) is 0 Å². The summed E-state index contributed by atoms with van der Waals surface area (Å²) in [6.45, 7) is 3.48. The second-order valence-corrected chi connectivity index (χ2v) is 7.43. The number of benzene rings is 2. The molecule has 0 aliphatic carbocycles. The van der Waals surface area contributed by atoms with Crippen LogP contribution in [0.25, 0.3) is 22.0 Å². The second kappa shape index (κ2) is 10.2. The van der Waals surface area contributed by atoms with E-state index in [0.29, 0.717) is 32.9 Å². The van der Waals surface area contributed by atoms with E-state index < -0.39 is 11.7 Å². The number of fused-ring (bicyclic) bond motifs is 1. The van der Waals surface area contributed by atoms with Crippen molar-refractivity contribution in [2.45, 2.75) is 12.7 Å². The lowest BCUT2D eigenvalue weighted by atomic mass is 9.95. The summed E-state index contributed by atoms with van der Waals surface area (Å²) in [6, 6.07) is 10.9. The minimum absolute atomic E-state index is 0. The van der Waals surface area contributed by atoms with Crippen LogP contribution in [-0.4, -0.2) is 31.2 Å². The van der Waals surface area contributed by atoms with Crippen molar-refractivity contribution in [1.29, 1.82) is 0 Å². The van der Waals surface area contributed by atoms with E-state index in [-0.39, 0.29) is 36.9 Å². The molecule has 10 heteroatoms. The molecule has 31 heavy (non-hydrogen) atoms. The van der Waals surface area contributed by atoms with Crippen LogP contribution in [0.5, 0.6) is 0 Å². The highest BCUT2D eigenvalue weighted by Crippen LogP contribution is 2.39. The maximum absolute atomic E-state index is 13.5. The van der Waals surface area contributed by atoms with Crippen LogP contribution in [0.15, 0.2) is 42.5 Å². The fourth-order valence-electron chi connectivity index (χ4n) is 3.61. The second-order valence-electron chi connectivity index (χ2n) is 7.02. The predicted octanol–water partition coefficient (Wildman–Crippen LogP) is 5.29. The number of piperazine rings is 1. The number of nitrogens with one attached hydrogen (secondary N) is 1. The number of nitrogens with zero attached hydrogens (tertiary/aromatic N) is 2.